The average Bonchev–Trinajstić information content (AvgIpc) is 1.99. The van der Waals surface area contributed by atoms with E-state index in [1.165, 1.54) is 0 Å². The molecule has 1 aromatic rings. The molecule has 0 aliphatic carbocycles. The van der Waals surface area contributed by atoms with Crippen molar-refractivity contribution >= 4 is 28.3 Å². The largest absolute Gasteiger partial charge is 0.399 e. The normalized spacial score (nSPS) is 9.08. The van der Waals surface area contributed by atoms with Crippen LogP contribution in [-0.2, 0) is 6.54 Å². The van der Waals surface area contributed by atoms with Gasteiger partial charge in [-0.25, -0.2) is 0 Å². The number of hydrogen-bond donors (Lipinski definition) is 1. The van der Waals surface area contributed by atoms with Crippen LogP contribution in [0.4, 0.5) is 5.69 Å². The molecule has 1 rings (SSSR count). The average molecular weight is 274 g/mol. The van der Waals surface area contributed by atoms with Crippen LogP contribution < -0.4 is 5.73 Å². The Hall–Kier alpha value is -0.940. The van der Waals surface area contributed by atoms with E-state index in [2.05, 4.69) is 32.6 Å². The molecule has 2 N–H and O–H groups in total. The highest BCUT2D eigenvalue weighted by molar-refractivity contribution is 14.1. The van der Waals surface area contributed by atoms with Crippen molar-refractivity contribution in [2.24, 2.45) is 5.11 Å². The first-order valence-electron chi connectivity index (χ1n) is 3.28. The van der Waals surface area contributed by atoms with Crippen molar-refractivity contribution in [3.8, 4) is 0 Å². The van der Waals surface area contributed by atoms with E-state index in [1.807, 2.05) is 12.1 Å². The van der Waals surface area contributed by atoms with Crippen LogP contribution in [0.5, 0.6) is 0 Å². The zero-order chi connectivity index (χ0) is 8.97. The van der Waals surface area contributed by atoms with Crippen molar-refractivity contribution in [1.82, 2.24) is 0 Å². The first kappa shape index (κ1) is 9.15. The molecule has 0 atom stereocenters. The summed E-state index contributed by atoms with van der Waals surface area (Å²) in [7, 11) is 0. The number of halogens is 1. The molecular formula is C7H7IN4. The van der Waals surface area contributed by atoms with Gasteiger partial charge < -0.3 is 5.73 Å². The Morgan fingerprint density at radius 3 is 2.83 bits per heavy atom. The van der Waals surface area contributed by atoms with Crippen molar-refractivity contribution in [2.75, 3.05) is 5.73 Å². The number of hydrogen-bond acceptors (Lipinski definition) is 2. The summed E-state index contributed by atoms with van der Waals surface area (Å²) in [6, 6.07) is 5.60. The summed E-state index contributed by atoms with van der Waals surface area (Å²) in [6.45, 7) is 0.359. The van der Waals surface area contributed by atoms with Crippen LogP contribution in [0.3, 0.4) is 0 Å². The Labute approximate surface area is 83.5 Å². The van der Waals surface area contributed by atoms with E-state index in [-0.39, 0.29) is 0 Å². The van der Waals surface area contributed by atoms with E-state index < -0.39 is 0 Å². The maximum Gasteiger partial charge on any atom is 0.0512 e. The zero-order valence-electron chi connectivity index (χ0n) is 6.24. The molecule has 0 saturated heterocycles. The van der Waals surface area contributed by atoms with Gasteiger partial charge in [-0.1, -0.05) is 5.11 Å². The van der Waals surface area contributed by atoms with Crippen molar-refractivity contribution < 1.29 is 0 Å². The highest BCUT2D eigenvalue weighted by atomic mass is 127. The topological polar surface area (TPSA) is 74.8 Å². The fourth-order valence-corrected chi connectivity index (χ4v) is 1.64. The molecule has 12 heavy (non-hydrogen) atoms. The zero-order valence-corrected chi connectivity index (χ0v) is 8.39. The quantitative estimate of drug-likeness (QED) is 0.291. The molecule has 0 saturated carbocycles. The molecule has 0 heterocycles. The maximum absolute atomic E-state index is 8.09. The van der Waals surface area contributed by atoms with E-state index in [9.17, 15) is 0 Å². The van der Waals surface area contributed by atoms with Crippen LogP contribution in [0.1, 0.15) is 5.56 Å². The maximum atomic E-state index is 8.09. The lowest BCUT2D eigenvalue weighted by Crippen LogP contribution is -1.89. The Kier molecular flexibility index (Phi) is 3.19. The fraction of sp³-hybridized carbons (Fsp3) is 0.143. The second kappa shape index (κ2) is 4.18. The number of rotatable bonds is 2. The van der Waals surface area contributed by atoms with Gasteiger partial charge in [-0.2, -0.15) is 0 Å². The summed E-state index contributed by atoms with van der Waals surface area (Å²) in [4.78, 5) is 2.67. The van der Waals surface area contributed by atoms with Gasteiger partial charge >= 0.3 is 0 Å². The van der Waals surface area contributed by atoms with Gasteiger partial charge in [0.25, 0.3) is 0 Å². The number of anilines is 1. The van der Waals surface area contributed by atoms with Crippen LogP contribution in [0.15, 0.2) is 23.3 Å². The fourth-order valence-electron chi connectivity index (χ4n) is 0.880. The van der Waals surface area contributed by atoms with Gasteiger partial charge in [-0.05, 0) is 51.9 Å². The molecule has 0 unspecified atom stereocenters. The molecule has 0 aliphatic heterocycles. The van der Waals surface area contributed by atoms with Gasteiger partial charge in [0.1, 0.15) is 0 Å². The molecular weight excluding hydrogens is 267 g/mol. The lowest BCUT2D eigenvalue weighted by Gasteiger charge is -1.99. The SMILES string of the molecule is [N-]=[N+]=NCc1cc(N)cc(I)c1. The second-order valence-corrected chi connectivity index (χ2v) is 3.53. The van der Waals surface area contributed by atoms with Gasteiger partial charge in [-0.3, -0.25) is 0 Å². The molecule has 0 spiro atoms. The Morgan fingerprint density at radius 1 is 1.50 bits per heavy atom. The van der Waals surface area contributed by atoms with E-state index in [0.717, 1.165) is 9.13 Å². The monoisotopic (exact) mass is 274 g/mol. The van der Waals surface area contributed by atoms with E-state index in [4.69, 9.17) is 11.3 Å². The summed E-state index contributed by atoms with van der Waals surface area (Å²) in [5.74, 6) is 0. The third-order valence-electron chi connectivity index (χ3n) is 1.30. The van der Waals surface area contributed by atoms with Crippen LogP contribution in [0.2, 0.25) is 0 Å². The Morgan fingerprint density at radius 2 is 2.25 bits per heavy atom. The molecule has 4 nitrogen and oxygen atoms in total. The predicted octanol–water partition coefficient (Wildman–Crippen LogP) is 2.68. The number of azide groups is 1. The minimum Gasteiger partial charge on any atom is -0.399 e. The molecule has 0 aliphatic rings. The molecule has 1 aromatic carbocycles. The summed E-state index contributed by atoms with van der Waals surface area (Å²) in [6.07, 6.45) is 0. The van der Waals surface area contributed by atoms with Gasteiger partial charge in [0, 0.05) is 14.2 Å². The first-order valence-corrected chi connectivity index (χ1v) is 4.36. The Bertz CT molecular complexity index is 310. The highest BCUT2D eigenvalue weighted by Gasteiger charge is 1.94. The van der Waals surface area contributed by atoms with Crippen LogP contribution in [-0.4, -0.2) is 0 Å². The van der Waals surface area contributed by atoms with E-state index in [1.54, 1.807) is 6.07 Å². The smallest absolute Gasteiger partial charge is 0.0512 e. The van der Waals surface area contributed by atoms with Crippen LogP contribution in [0.25, 0.3) is 10.4 Å². The minimum atomic E-state index is 0.359. The van der Waals surface area contributed by atoms with Crippen molar-refractivity contribution in [3.63, 3.8) is 0 Å². The first-order chi connectivity index (χ1) is 5.72. The summed E-state index contributed by atoms with van der Waals surface area (Å²) >= 11 is 2.17. The molecule has 0 radical (unpaired) electrons. The van der Waals surface area contributed by atoms with E-state index >= 15 is 0 Å². The molecule has 0 aromatic heterocycles. The van der Waals surface area contributed by atoms with Crippen LogP contribution >= 0.6 is 22.6 Å². The van der Waals surface area contributed by atoms with Gasteiger partial charge in [0.05, 0.1) is 6.54 Å². The minimum absolute atomic E-state index is 0.359. The number of benzene rings is 1. The lowest BCUT2D eigenvalue weighted by atomic mass is 10.2. The van der Waals surface area contributed by atoms with Crippen molar-refractivity contribution in [2.45, 2.75) is 6.54 Å². The molecule has 62 valence electrons. The van der Waals surface area contributed by atoms with Gasteiger partial charge in [0.15, 0.2) is 0 Å². The van der Waals surface area contributed by atoms with Gasteiger partial charge in [0.2, 0.25) is 0 Å². The van der Waals surface area contributed by atoms with Crippen molar-refractivity contribution in [1.29, 1.82) is 0 Å². The number of nitrogens with zero attached hydrogens (tertiary/aromatic N) is 3. The second-order valence-electron chi connectivity index (χ2n) is 2.28. The molecule has 0 fully saturated rings. The standard InChI is InChI=1S/C7H7IN4/c8-6-1-5(4-11-12-10)2-7(9)3-6/h1-3H,4,9H2. The lowest BCUT2D eigenvalue weighted by molar-refractivity contribution is 1.05. The highest BCUT2D eigenvalue weighted by Crippen LogP contribution is 2.14. The van der Waals surface area contributed by atoms with Gasteiger partial charge in [-0.15, -0.1) is 0 Å². The molecule has 5 heteroatoms. The van der Waals surface area contributed by atoms with Crippen LogP contribution in [0, 0.1) is 3.57 Å². The third-order valence-corrected chi connectivity index (χ3v) is 1.92. The summed E-state index contributed by atoms with van der Waals surface area (Å²) < 4.78 is 1.05. The predicted molar refractivity (Wildman–Crippen MR) is 56.4 cm³/mol. The van der Waals surface area contributed by atoms with Crippen molar-refractivity contribution in [3.05, 3.63) is 37.8 Å². The number of nitrogen functional groups attached to an aromatic ring is 1. The number of nitrogens with two attached hydrogens (primary N) is 1. The summed E-state index contributed by atoms with van der Waals surface area (Å²) in [5.41, 5.74) is 15.3. The molecule has 0 amide bonds. The van der Waals surface area contributed by atoms with E-state index in [0.29, 0.717) is 12.2 Å². The molecule has 0 bridgehead atoms. The third kappa shape index (κ3) is 2.60. The summed E-state index contributed by atoms with van der Waals surface area (Å²) in [5, 5.41) is 3.45. The Balaban J connectivity index is 2.92.